The molecule has 0 aromatic carbocycles. The Bertz CT molecular complexity index is 392. The fourth-order valence-corrected chi connectivity index (χ4v) is 0.591. The van der Waals surface area contributed by atoms with Crippen LogP contribution < -0.4 is 17.0 Å². The molecule has 0 bridgehead atoms. The van der Waals surface area contributed by atoms with E-state index in [1.165, 1.54) is 0 Å². The van der Waals surface area contributed by atoms with Gasteiger partial charge < -0.3 is 21.3 Å². The molecular weight excluding hydrogens is 170 g/mol. The number of rotatable bonds is 0. The van der Waals surface area contributed by atoms with Crippen LogP contribution in [-0.2, 0) is 0 Å². The molecule has 5 N–H and O–H groups in total. The lowest BCUT2D eigenvalue weighted by atomic mass is 10.5. The zero-order valence-corrected chi connectivity index (χ0v) is 5.63. The van der Waals surface area contributed by atoms with Gasteiger partial charge in [-0.15, -0.1) is 0 Å². The van der Waals surface area contributed by atoms with Gasteiger partial charge in [0.25, 0.3) is 5.88 Å². The molecule has 1 heterocycles. The van der Waals surface area contributed by atoms with E-state index in [-0.39, 0.29) is 4.73 Å². The maximum atomic E-state index is 10.7. The van der Waals surface area contributed by atoms with E-state index in [0.29, 0.717) is 0 Å². The molecular formula is C4H5N3O5. The number of nitrogens with two attached hydrogens (primary N) is 1. The molecule has 1 aromatic rings. The van der Waals surface area contributed by atoms with Crippen molar-refractivity contribution >= 4 is 5.69 Å². The molecule has 1 aromatic heterocycles. The zero-order chi connectivity index (χ0) is 9.46. The van der Waals surface area contributed by atoms with E-state index in [0.717, 1.165) is 0 Å². The van der Waals surface area contributed by atoms with Gasteiger partial charge in [0.05, 0.1) is 0 Å². The van der Waals surface area contributed by atoms with Crippen molar-refractivity contribution in [2.24, 2.45) is 0 Å². The third-order valence-electron chi connectivity index (χ3n) is 1.23. The Hall–Kier alpha value is -2.12. The van der Waals surface area contributed by atoms with Crippen LogP contribution >= 0.6 is 0 Å². The average Bonchev–Trinajstić information content (AvgIpc) is 2.08. The number of hydrogen-bond donors (Lipinski definition) is 4. The van der Waals surface area contributed by atoms with Gasteiger partial charge in [0.2, 0.25) is 0 Å². The van der Waals surface area contributed by atoms with E-state index in [1.807, 2.05) is 0 Å². The first-order chi connectivity index (χ1) is 5.46. The minimum atomic E-state index is -1.49. The van der Waals surface area contributed by atoms with Gasteiger partial charge in [-0.2, -0.15) is 0 Å². The van der Waals surface area contributed by atoms with E-state index < -0.39 is 27.5 Å². The molecule has 0 aliphatic rings. The number of nitrogens with zero attached hydrogens (tertiary/aromatic N) is 2. The van der Waals surface area contributed by atoms with Gasteiger partial charge in [0.1, 0.15) is 0 Å². The van der Waals surface area contributed by atoms with Gasteiger partial charge in [-0.3, -0.25) is 4.79 Å². The summed E-state index contributed by atoms with van der Waals surface area (Å²) < 4.78 is -0.772. The first kappa shape index (κ1) is 7.98. The molecule has 12 heavy (non-hydrogen) atoms. The Morgan fingerprint density at radius 3 is 2.17 bits per heavy atom. The van der Waals surface area contributed by atoms with Crippen LogP contribution in [0.4, 0.5) is 5.69 Å². The van der Waals surface area contributed by atoms with Crippen molar-refractivity contribution in [3.05, 3.63) is 20.8 Å². The van der Waals surface area contributed by atoms with Crippen molar-refractivity contribution in [3.63, 3.8) is 0 Å². The van der Waals surface area contributed by atoms with Crippen LogP contribution in [0.5, 0.6) is 5.88 Å². The maximum absolute atomic E-state index is 10.7. The molecule has 0 amide bonds. The van der Waals surface area contributed by atoms with E-state index >= 15 is 0 Å². The van der Waals surface area contributed by atoms with Crippen LogP contribution in [0.15, 0.2) is 9.59 Å². The fourth-order valence-electron chi connectivity index (χ4n) is 0.591. The van der Waals surface area contributed by atoms with Crippen molar-refractivity contribution in [1.29, 1.82) is 0 Å². The summed E-state index contributed by atoms with van der Waals surface area (Å²) in [5.74, 6) is -1.10. The highest BCUT2D eigenvalue weighted by Crippen LogP contribution is 2.08. The summed E-state index contributed by atoms with van der Waals surface area (Å²) in [7, 11) is 0. The third kappa shape index (κ3) is 0.779. The molecule has 0 unspecified atom stereocenters. The van der Waals surface area contributed by atoms with Crippen LogP contribution in [0.3, 0.4) is 0 Å². The summed E-state index contributed by atoms with van der Waals surface area (Å²) >= 11 is 0. The van der Waals surface area contributed by atoms with Crippen molar-refractivity contribution in [1.82, 2.24) is 9.46 Å². The molecule has 0 atom stereocenters. The number of aromatic hydroxyl groups is 1. The lowest BCUT2D eigenvalue weighted by molar-refractivity contribution is 0.0873. The third-order valence-corrected chi connectivity index (χ3v) is 1.23. The van der Waals surface area contributed by atoms with E-state index in [4.69, 9.17) is 21.3 Å². The summed E-state index contributed by atoms with van der Waals surface area (Å²) in [5, 5.41) is 26.0. The standard InChI is InChI=1S/C4H5N3O5/c5-1-2(8)6(11)4(10)7(12)3(1)9/h8,11-12H,5H2. The summed E-state index contributed by atoms with van der Waals surface area (Å²) in [6.07, 6.45) is 0. The minimum absolute atomic E-state index is 0.350. The van der Waals surface area contributed by atoms with Gasteiger partial charge >= 0.3 is 11.2 Å². The Morgan fingerprint density at radius 2 is 1.67 bits per heavy atom. The molecule has 0 spiro atoms. The minimum Gasteiger partial charge on any atom is -0.491 e. The molecule has 8 nitrogen and oxygen atoms in total. The molecule has 0 aliphatic carbocycles. The molecule has 0 saturated heterocycles. The van der Waals surface area contributed by atoms with Gasteiger partial charge in [0, 0.05) is 0 Å². The second-order valence-electron chi connectivity index (χ2n) is 1.95. The summed E-state index contributed by atoms with van der Waals surface area (Å²) in [4.78, 5) is 21.2. The van der Waals surface area contributed by atoms with Crippen molar-refractivity contribution < 1.29 is 15.5 Å². The van der Waals surface area contributed by atoms with Crippen LogP contribution in [0.2, 0.25) is 0 Å². The summed E-state index contributed by atoms with van der Waals surface area (Å²) in [5.41, 5.74) is 1.29. The van der Waals surface area contributed by atoms with Gasteiger partial charge in [-0.1, -0.05) is 9.46 Å². The SMILES string of the molecule is Nc1c(O)n(O)c(=O)n(O)c1=O. The van der Waals surface area contributed by atoms with Crippen LogP contribution in [0.25, 0.3) is 0 Å². The first-order valence-corrected chi connectivity index (χ1v) is 2.71. The topological polar surface area (TPSA) is 131 Å². The number of anilines is 1. The number of hydrogen-bond acceptors (Lipinski definition) is 6. The lowest BCUT2D eigenvalue weighted by Crippen LogP contribution is -2.38. The predicted molar refractivity (Wildman–Crippen MR) is 35.4 cm³/mol. The van der Waals surface area contributed by atoms with Gasteiger partial charge in [-0.25, -0.2) is 4.79 Å². The predicted octanol–water partition coefficient (Wildman–Crippen LogP) is -2.23. The highest BCUT2D eigenvalue weighted by Gasteiger charge is 2.14. The van der Waals surface area contributed by atoms with E-state index in [2.05, 4.69) is 0 Å². The van der Waals surface area contributed by atoms with Crippen molar-refractivity contribution in [2.45, 2.75) is 0 Å². The van der Waals surface area contributed by atoms with Crippen molar-refractivity contribution in [2.75, 3.05) is 5.73 Å². The highest BCUT2D eigenvalue weighted by atomic mass is 16.5. The average molecular weight is 175 g/mol. The molecule has 8 heteroatoms. The molecule has 0 aliphatic heterocycles. The second-order valence-corrected chi connectivity index (χ2v) is 1.95. The largest absolute Gasteiger partial charge is 0.491 e. The Kier molecular flexibility index (Phi) is 1.45. The molecule has 0 radical (unpaired) electrons. The smallest absolute Gasteiger partial charge is 0.400 e. The Morgan fingerprint density at radius 1 is 1.17 bits per heavy atom. The molecule has 0 saturated carbocycles. The quantitative estimate of drug-likeness (QED) is 0.330. The first-order valence-electron chi connectivity index (χ1n) is 2.71. The molecule has 0 fully saturated rings. The molecule has 1 rings (SSSR count). The van der Waals surface area contributed by atoms with Crippen LogP contribution in [-0.4, -0.2) is 25.0 Å². The van der Waals surface area contributed by atoms with Gasteiger partial charge in [-0.05, 0) is 0 Å². The highest BCUT2D eigenvalue weighted by molar-refractivity contribution is 5.44. The zero-order valence-electron chi connectivity index (χ0n) is 5.63. The van der Waals surface area contributed by atoms with E-state index in [1.54, 1.807) is 0 Å². The Balaban J connectivity index is 3.86. The maximum Gasteiger partial charge on any atom is 0.400 e. The monoisotopic (exact) mass is 175 g/mol. The second kappa shape index (κ2) is 2.19. The van der Waals surface area contributed by atoms with Gasteiger partial charge in [0.15, 0.2) is 5.69 Å². The number of aromatic nitrogens is 2. The lowest BCUT2D eigenvalue weighted by Gasteiger charge is -2.02. The Labute approximate surface area is 64.2 Å². The fraction of sp³-hybridized carbons (Fsp3) is 0. The van der Waals surface area contributed by atoms with Crippen LogP contribution in [0, 0.1) is 0 Å². The summed E-state index contributed by atoms with van der Waals surface area (Å²) in [6.45, 7) is 0. The normalized spacial score (nSPS) is 10.0. The summed E-state index contributed by atoms with van der Waals surface area (Å²) in [6, 6.07) is 0. The van der Waals surface area contributed by atoms with Crippen molar-refractivity contribution in [3.8, 4) is 5.88 Å². The number of nitrogen functional groups attached to an aromatic ring is 1. The molecule has 66 valence electrons. The van der Waals surface area contributed by atoms with Crippen LogP contribution in [0.1, 0.15) is 0 Å². The van der Waals surface area contributed by atoms with E-state index in [9.17, 15) is 9.59 Å².